The van der Waals surface area contributed by atoms with Gasteiger partial charge in [0.25, 0.3) is 0 Å². The Morgan fingerprint density at radius 1 is 1.17 bits per heavy atom. The van der Waals surface area contributed by atoms with Crippen molar-refractivity contribution in [3.05, 3.63) is 12.4 Å². The third-order valence-corrected chi connectivity index (χ3v) is 4.42. The minimum absolute atomic E-state index is 0.703. The molecule has 0 spiro atoms. The van der Waals surface area contributed by atoms with E-state index in [9.17, 15) is 0 Å². The van der Waals surface area contributed by atoms with Gasteiger partial charge < -0.3 is 10.2 Å². The number of fused-ring (bicyclic) bond motifs is 1. The largest absolute Gasteiger partial charge is 0.372 e. The molecule has 3 rings (SSSR count). The SMILES string of the molecule is CNc1cncc(N2CCC[C@H]3CCCC[C@H]32)n1. The van der Waals surface area contributed by atoms with Crippen LogP contribution in [0.4, 0.5) is 11.6 Å². The summed E-state index contributed by atoms with van der Waals surface area (Å²) in [5.41, 5.74) is 0. The first kappa shape index (κ1) is 11.8. The molecule has 18 heavy (non-hydrogen) atoms. The van der Waals surface area contributed by atoms with Gasteiger partial charge >= 0.3 is 0 Å². The molecular weight excluding hydrogens is 224 g/mol. The van der Waals surface area contributed by atoms with Crippen molar-refractivity contribution in [2.75, 3.05) is 23.8 Å². The second-order valence-electron chi connectivity index (χ2n) is 5.46. The molecular formula is C14H22N4. The van der Waals surface area contributed by atoms with E-state index < -0.39 is 0 Å². The van der Waals surface area contributed by atoms with Crippen LogP contribution in [-0.4, -0.2) is 29.6 Å². The molecule has 4 heteroatoms. The zero-order valence-electron chi connectivity index (χ0n) is 11.1. The molecule has 2 aliphatic rings. The number of aromatic nitrogens is 2. The van der Waals surface area contributed by atoms with E-state index in [0.29, 0.717) is 6.04 Å². The van der Waals surface area contributed by atoms with Crippen molar-refractivity contribution in [2.45, 2.75) is 44.6 Å². The van der Waals surface area contributed by atoms with Crippen LogP contribution >= 0.6 is 0 Å². The molecule has 0 aromatic carbocycles. The predicted octanol–water partition coefficient (Wildman–Crippen LogP) is 2.68. The summed E-state index contributed by atoms with van der Waals surface area (Å²) in [6.45, 7) is 1.14. The monoisotopic (exact) mass is 246 g/mol. The Hall–Kier alpha value is -1.32. The molecule has 2 heterocycles. The lowest BCUT2D eigenvalue weighted by Crippen LogP contribution is -2.47. The van der Waals surface area contributed by atoms with Gasteiger partial charge in [-0.2, -0.15) is 0 Å². The highest BCUT2D eigenvalue weighted by Crippen LogP contribution is 2.37. The molecule has 1 N–H and O–H groups in total. The zero-order valence-corrected chi connectivity index (χ0v) is 11.1. The molecule has 0 unspecified atom stereocenters. The number of nitrogens with zero attached hydrogens (tertiary/aromatic N) is 3. The highest BCUT2D eigenvalue weighted by Gasteiger charge is 2.33. The van der Waals surface area contributed by atoms with Crippen molar-refractivity contribution in [1.82, 2.24) is 9.97 Å². The van der Waals surface area contributed by atoms with Crippen molar-refractivity contribution in [3.8, 4) is 0 Å². The second-order valence-corrected chi connectivity index (χ2v) is 5.46. The van der Waals surface area contributed by atoms with Crippen LogP contribution in [0.2, 0.25) is 0 Å². The van der Waals surface area contributed by atoms with Crippen LogP contribution in [-0.2, 0) is 0 Å². The molecule has 1 aromatic rings. The highest BCUT2D eigenvalue weighted by molar-refractivity contribution is 5.45. The van der Waals surface area contributed by atoms with Crippen LogP contribution < -0.4 is 10.2 Å². The minimum Gasteiger partial charge on any atom is -0.372 e. The Balaban J connectivity index is 1.84. The number of anilines is 2. The van der Waals surface area contributed by atoms with Gasteiger partial charge in [0.2, 0.25) is 0 Å². The Bertz CT molecular complexity index is 405. The van der Waals surface area contributed by atoms with Gasteiger partial charge in [-0.15, -0.1) is 0 Å². The van der Waals surface area contributed by atoms with E-state index in [2.05, 4.69) is 20.2 Å². The summed E-state index contributed by atoms with van der Waals surface area (Å²) in [5, 5.41) is 3.08. The zero-order chi connectivity index (χ0) is 12.4. The van der Waals surface area contributed by atoms with Gasteiger partial charge in [0.1, 0.15) is 11.6 Å². The predicted molar refractivity (Wildman–Crippen MR) is 73.9 cm³/mol. The van der Waals surface area contributed by atoms with E-state index in [-0.39, 0.29) is 0 Å². The minimum atomic E-state index is 0.703. The van der Waals surface area contributed by atoms with Gasteiger partial charge in [0, 0.05) is 19.6 Å². The van der Waals surface area contributed by atoms with Gasteiger partial charge in [-0.1, -0.05) is 12.8 Å². The van der Waals surface area contributed by atoms with Gasteiger partial charge in [0.05, 0.1) is 12.4 Å². The Morgan fingerprint density at radius 3 is 2.89 bits per heavy atom. The molecule has 1 aliphatic carbocycles. The van der Waals surface area contributed by atoms with Gasteiger partial charge in [0.15, 0.2) is 0 Å². The number of piperidine rings is 1. The smallest absolute Gasteiger partial charge is 0.149 e. The summed E-state index contributed by atoms with van der Waals surface area (Å²) in [6, 6.07) is 0.703. The van der Waals surface area contributed by atoms with Gasteiger partial charge in [-0.05, 0) is 31.6 Å². The molecule has 1 aliphatic heterocycles. The first-order valence-electron chi connectivity index (χ1n) is 7.15. The summed E-state index contributed by atoms with van der Waals surface area (Å²) in [5.74, 6) is 2.80. The highest BCUT2D eigenvalue weighted by atomic mass is 15.2. The first-order chi connectivity index (χ1) is 8.88. The van der Waals surface area contributed by atoms with Gasteiger partial charge in [-0.25, -0.2) is 4.98 Å². The van der Waals surface area contributed by atoms with E-state index in [1.165, 1.54) is 38.5 Å². The van der Waals surface area contributed by atoms with Crippen molar-refractivity contribution in [2.24, 2.45) is 5.92 Å². The number of hydrogen-bond acceptors (Lipinski definition) is 4. The second kappa shape index (κ2) is 5.12. The molecule has 0 radical (unpaired) electrons. The number of rotatable bonds is 2. The Morgan fingerprint density at radius 2 is 2.00 bits per heavy atom. The first-order valence-corrected chi connectivity index (χ1v) is 7.15. The molecule has 0 amide bonds. The molecule has 1 saturated heterocycles. The van der Waals surface area contributed by atoms with Crippen LogP contribution in [0, 0.1) is 5.92 Å². The van der Waals surface area contributed by atoms with Gasteiger partial charge in [-0.3, -0.25) is 4.98 Å². The fourth-order valence-electron chi connectivity index (χ4n) is 3.52. The molecule has 1 aromatic heterocycles. The van der Waals surface area contributed by atoms with Crippen molar-refractivity contribution < 1.29 is 0 Å². The molecule has 2 atom stereocenters. The fraction of sp³-hybridized carbons (Fsp3) is 0.714. The lowest BCUT2D eigenvalue weighted by atomic mass is 9.78. The van der Waals surface area contributed by atoms with Crippen LogP contribution in [0.1, 0.15) is 38.5 Å². The van der Waals surface area contributed by atoms with Crippen molar-refractivity contribution in [1.29, 1.82) is 0 Å². The van der Waals surface area contributed by atoms with Crippen LogP contribution in [0.25, 0.3) is 0 Å². The topological polar surface area (TPSA) is 41.1 Å². The van der Waals surface area contributed by atoms with E-state index in [4.69, 9.17) is 0 Å². The summed E-state index contributed by atoms with van der Waals surface area (Å²) in [7, 11) is 1.90. The lowest BCUT2D eigenvalue weighted by Gasteiger charge is -2.44. The van der Waals surface area contributed by atoms with E-state index in [1.54, 1.807) is 6.20 Å². The molecule has 1 saturated carbocycles. The Kier molecular flexibility index (Phi) is 3.35. The molecule has 4 nitrogen and oxygen atoms in total. The van der Waals surface area contributed by atoms with Crippen molar-refractivity contribution >= 4 is 11.6 Å². The lowest BCUT2D eigenvalue weighted by molar-refractivity contribution is 0.242. The Labute approximate surface area is 109 Å². The maximum absolute atomic E-state index is 4.66. The number of hydrogen-bond donors (Lipinski definition) is 1. The van der Waals surface area contributed by atoms with Crippen LogP contribution in [0.5, 0.6) is 0 Å². The van der Waals surface area contributed by atoms with Crippen molar-refractivity contribution in [3.63, 3.8) is 0 Å². The average molecular weight is 246 g/mol. The van der Waals surface area contributed by atoms with E-state index in [0.717, 1.165) is 24.1 Å². The fourth-order valence-corrected chi connectivity index (χ4v) is 3.52. The normalized spacial score (nSPS) is 27.7. The van der Waals surface area contributed by atoms with Crippen LogP contribution in [0.15, 0.2) is 12.4 Å². The van der Waals surface area contributed by atoms with Crippen LogP contribution in [0.3, 0.4) is 0 Å². The number of nitrogens with one attached hydrogen (secondary N) is 1. The summed E-state index contributed by atoms with van der Waals surface area (Å²) in [4.78, 5) is 11.5. The maximum atomic E-state index is 4.66. The van der Waals surface area contributed by atoms with E-state index >= 15 is 0 Å². The molecule has 98 valence electrons. The standard InChI is InChI=1S/C14H22N4/c1-15-13-9-16-10-14(17-13)18-8-4-6-11-5-2-3-7-12(11)18/h9-12H,2-8H2,1H3,(H,15,17)/t11-,12-/m1/s1. The maximum Gasteiger partial charge on any atom is 0.149 e. The van der Waals surface area contributed by atoms with E-state index in [1.807, 2.05) is 13.2 Å². The molecule has 2 fully saturated rings. The molecule has 0 bridgehead atoms. The summed E-state index contributed by atoms with van der Waals surface area (Å²) >= 11 is 0. The third-order valence-electron chi connectivity index (χ3n) is 4.42. The summed E-state index contributed by atoms with van der Waals surface area (Å²) < 4.78 is 0. The average Bonchev–Trinajstić information content (AvgIpc) is 2.47. The third kappa shape index (κ3) is 2.16. The summed E-state index contributed by atoms with van der Waals surface area (Å²) in [6.07, 6.45) is 11.9. The quantitative estimate of drug-likeness (QED) is 0.871.